The van der Waals surface area contributed by atoms with Gasteiger partial charge >= 0.3 is 12.0 Å². The molecule has 0 bridgehead atoms. The van der Waals surface area contributed by atoms with Gasteiger partial charge in [-0.05, 0) is 55.5 Å². The zero-order chi connectivity index (χ0) is 28.6. The van der Waals surface area contributed by atoms with Gasteiger partial charge in [-0.2, -0.15) is 0 Å². The number of aromatic nitrogens is 1. The highest BCUT2D eigenvalue weighted by Gasteiger charge is 2.42. The van der Waals surface area contributed by atoms with Crippen molar-refractivity contribution >= 4 is 30.8 Å². The summed E-state index contributed by atoms with van der Waals surface area (Å²) in [5, 5.41) is 8.15. The normalized spacial score (nSPS) is 20.6. The Bertz CT molecular complexity index is 1240. The van der Waals surface area contributed by atoms with Crippen molar-refractivity contribution in [2.24, 2.45) is 0 Å². The number of esters is 1. The summed E-state index contributed by atoms with van der Waals surface area (Å²) in [6.45, 7) is 0.271. The largest absolute Gasteiger partial charge is 0.466 e. The molecule has 1 aromatic heterocycles. The van der Waals surface area contributed by atoms with Gasteiger partial charge in [0.2, 0.25) is 6.41 Å². The number of amides is 3. The number of hydrazine groups is 1. The van der Waals surface area contributed by atoms with Crippen LogP contribution in [-0.2, 0) is 19.1 Å². The number of halogens is 3. The molecule has 2 aliphatic rings. The van der Waals surface area contributed by atoms with E-state index >= 15 is 0 Å². The highest BCUT2D eigenvalue weighted by molar-refractivity contribution is 5.95. The predicted molar refractivity (Wildman–Crippen MR) is 148 cm³/mol. The van der Waals surface area contributed by atoms with Crippen molar-refractivity contribution in [2.75, 3.05) is 33.9 Å². The number of nitrogens with zero attached hydrogens (tertiary/aromatic N) is 3. The zero-order valence-electron chi connectivity index (χ0n) is 22.8. The average molecular weight is 594 g/mol. The molecular weight excluding hydrogens is 560 g/mol. The van der Waals surface area contributed by atoms with Crippen molar-refractivity contribution in [3.8, 4) is 0 Å². The lowest BCUT2D eigenvalue weighted by atomic mass is 9.84. The number of benzene rings is 1. The van der Waals surface area contributed by atoms with Crippen molar-refractivity contribution < 1.29 is 32.6 Å². The summed E-state index contributed by atoms with van der Waals surface area (Å²) < 4.78 is 38.2. The molecule has 1 aromatic carbocycles. The highest BCUT2D eigenvalue weighted by Crippen LogP contribution is 2.36. The molecule has 3 amide bonds. The van der Waals surface area contributed by atoms with E-state index in [9.17, 15) is 23.2 Å². The molecule has 10 nitrogen and oxygen atoms in total. The second-order valence-electron chi connectivity index (χ2n) is 9.69. The molecule has 1 aliphatic carbocycles. The molecule has 2 heterocycles. The fourth-order valence-corrected chi connectivity index (χ4v) is 5.32. The van der Waals surface area contributed by atoms with E-state index in [4.69, 9.17) is 9.47 Å². The Morgan fingerprint density at radius 1 is 1.17 bits per heavy atom. The molecule has 1 saturated carbocycles. The Morgan fingerprint density at radius 2 is 1.93 bits per heavy atom. The van der Waals surface area contributed by atoms with Crippen molar-refractivity contribution in [1.82, 2.24) is 25.6 Å². The Balaban J connectivity index is 0.00000462. The van der Waals surface area contributed by atoms with E-state index in [0.717, 1.165) is 60.6 Å². The number of hydrogen-bond donors (Lipinski definition) is 2. The van der Waals surface area contributed by atoms with Gasteiger partial charge in [0.15, 0.2) is 11.6 Å². The van der Waals surface area contributed by atoms with E-state index < -0.39 is 29.7 Å². The number of methoxy groups -OCH3 is 2. The number of rotatable bonds is 11. The molecule has 1 aliphatic heterocycles. The molecule has 1 atom stereocenters. The zero-order valence-corrected chi connectivity index (χ0v) is 23.7. The third-order valence-corrected chi connectivity index (χ3v) is 7.27. The Kier molecular flexibility index (Phi) is 11.6. The first-order valence-corrected chi connectivity index (χ1v) is 13.1. The maximum atomic E-state index is 14.3. The molecule has 1 fully saturated rings. The Hall–Kier alpha value is -3.61. The van der Waals surface area contributed by atoms with Gasteiger partial charge in [0, 0.05) is 37.5 Å². The molecule has 13 heteroatoms. The molecule has 0 radical (unpaired) electrons. The smallest absolute Gasteiger partial charge is 0.341 e. The Morgan fingerprint density at radius 3 is 2.54 bits per heavy atom. The van der Waals surface area contributed by atoms with E-state index in [1.165, 1.54) is 13.2 Å². The number of hydrogen-bond acceptors (Lipinski definition) is 7. The van der Waals surface area contributed by atoms with Crippen molar-refractivity contribution in [3.05, 3.63) is 76.8 Å². The minimum absolute atomic E-state index is 0. The maximum absolute atomic E-state index is 14.3. The molecule has 4 rings (SSSR count). The van der Waals surface area contributed by atoms with Gasteiger partial charge in [-0.25, -0.2) is 23.4 Å². The summed E-state index contributed by atoms with van der Waals surface area (Å²) in [7, 11) is 2.53. The third-order valence-electron chi connectivity index (χ3n) is 7.27. The quantitative estimate of drug-likeness (QED) is 0.302. The molecule has 41 heavy (non-hydrogen) atoms. The lowest BCUT2D eigenvalue weighted by Crippen LogP contribution is -2.58. The molecule has 2 N–H and O–H groups in total. The average Bonchev–Trinajstić information content (AvgIpc) is 2.97. The number of nitrogens with one attached hydrogen (secondary N) is 2. The molecule has 2 aromatic rings. The van der Waals surface area contributed by atoms with Gasteiger partial charge in [-0.3, -0.25) is 14.8 Å². The molecule has 0 saturated heterocycles. The fourth-order valence-electron chi connectivity index (χ4n) is 5.32. The first-order valence-electron chi connectivity index (χ1n) is 13.1. The van der Waals surface area contributed by atoms with Crippen LogP contribution in [-0.4, -0.2) is 73.4 Å². The fraction of sp³-hybridized carbons (Fsp3) is 0.429. The van der Waals surface area contributed by atoms with E-state index in [0.29, 0.717) is 18.9 Å². The minimum Gasteiger partial charge on any atom is -0.466 e. The summed E-state index contributed by atoms with van der Waals surface area (Å²) in [4.78, 5) is 42.9. The van der Waals surface area contributed by atoms with Crippen LogP contribution in [0.5, 0.6) is 0 Å². The van der Waals surface area contributed by atoms with E-state index in [2.05, 4.69) is 15.6 Å². The van der Waals surface area contributed by atoms with Crippen LogP contribution in [0.25, 0.3) is 0 Å². The van der Waals surface area contributed by atoms with Crippen LogP contribution in [0.4, 0.5) is 13.6 Å². The van der Waals surface area contributed by atoms with Crippen LogP contribution in [0.15, 0.2) is 53.9 Å². The first-order chi connectivity index (χ1) is 19.4. The van der Waals surface area contributed by atoms with Gasteiger partial charge < -0.3 is 20.1 Å². The summed E-state index contributed by atoms with van der Waals surface area (Å²) in [6.07, 6.45) is 6.08. The summed E-state index contributed by atoms with van der Waals surface area (Å²) in [5.74, 6) is -2.67. The second-order valence-corrected chi connectivity index (χ2v) is 9.69. The second kappa shape index (κ2) is 14.9. The number of carbonyl (C=O) groups is 3. The van der Waals surface area contributed by atoms with Gasteiger partial charge in [-0.15, -0.1) is 12.4 Å². The molecule has 1 unspecified atom stereocenters. The standard InChI is InChI=1S/C28H33F2N5O5.ClH/c1-39-16-24-25(27(37)40-2)26(19-8-11-21(29)22(30)15-19)35(28(38)33-24)34(17-36)14-13-31-20-9-6-18(7-10-20)23-5-3-4-12-32-23;/h3-5,8,11-12,15,17-18,20,26,31H,6-7,9-10,13-14,16H2,1-2H3,(H,33,38);1H/t18-,20-,26?;. The topological polar surface area (TPSA) is 113 Å². The monoisotopic (exact) mass is 593 g/mol. The first kappa shape index (κ1) is 31.9. The van der Waals surface area contributed by atoms with Gasteiger partial charge in [0.25, 0.3) is 0 Å². The van der Waals surface area contributed by atoms with Crippen molar-refractivity contribution in [2.45, 2.75) is 43.7 Å². The maximum Gasteiger partial charge on any atom is 0.341 e. The van der Waals surface area contributed by atoms with Crippen LogP contribution < -0.4 is 10.6 Å². The number of carbonyl (C=O) groups excluding carboxylic acids is 3. The lowest BCUT2D eigenvalue weighted by Gasteiger charge is -2.42. The van der Waals surface area contributed by atoms with E-state index in [1.807, 2.05) is 18.2 Å². The Labute approximate surface area is 243 Å². The molecular formula is C28H34ClF2N5O5. The van der Waals surface area contributed by atoms with Crippen LogP contribution in [0.1, 0.15) is 48.9 Å². The van der Waals surface area contributed by atoms with Crippen molar-refractivity contribution in [3.63, 3.8) is 0 Å². The summed E-state index contributed by atoms with van der Waals surface area (Å²) in [6, 6.07) is 7.18. The van der Waals surface area contributed by atoms with Gasteiger partial charge in [0.1, 0.15) is 6.04 Å². The molecule has 0 spiro atoms. The number of pyridine rings is 1. The summed E-state index contributed by atoms with van der Waals surface area (Å²) in [5.41, 5.74) is 1.20. The molecule has 222 valence electrons. The van der Waals surface area contributed by atoms with Crippen LogP contribution in [0, 0.1) is 11.6 Å². The van der Waals surface area contributed by atoms with Crippen LogP contribution in [0.3, 0.4) is 0 Å². The van der Waals surface area contributed by atoms with Gasteiger partial charge in [0.05, 0.1) is 31.5 Å². The van der Waals surface area contributed by atoms with Crippen LogP contribution >= 0.6 is 12.4 Å². The van der Waals surface area contributed by atoms with Crippen LogP contribution in [0.2, 0.25) is 0 Å². The SMILES string of the molecule is COCC1=C(C(=O)OC)C(c2ccc(F)c(F)c2)N(N(C=O)CCN[C@H]2CC[C@H](c3ccccn3)CC2)C(=O)N1.Cl. The summed E-state index contributed by atoms with van der Waals surface area (Å²) >= 11 is 0. The van der Waals surface area contributed by atoms with E-state index in [-0.39, 0.29) is 48.4 Å². The van der Waals surface area contributed by atoms with Crippen molar-refractivity contribution in [1.29, 1.82) is 0 Å². The third kappa shape index (κ3) is 7.38. The number of urea groups is 1. The van der Waals surface area contributed by atoms with E-state index in [1.54, 1.807) is 6.20 Å². The highest BCUT2D eigenvalue weighted by atomic mass is 35.5. The lowest BCUT2D eigenvalue weighted by molar-refractivity contribution is -0.141. The number of ether oxygens (including phenoxy) is 2. The van der Waals surface area contributed by atoms with Gasteiger partial charge in [-0.1, -0.05) is 12.1 Å². The predicted octanol–water partition coefficient (Wildman–Crippen LogP) is 3.61. The minimum atomic E-state index is -1.28.